The first-order valence-electron chi connectivity index (χ1n) is 28.0. The van der Waals surface area contributed by atoms with Gasteiger partial charge in [-0.25, -0.2) is 56.7 Å². The van der Waals surface area contributed by atoms with E-state index in [-0.39, 0.29) is 25.7 Å². The van der Waals surface area contributed by atoms with Crippen LogP contribution in [0, 0.1) is 29.1 Å². The van der Waals surface area contributed by atoms with E-state index in [1.165, 1.54) is 6.08 Å². The maximum absolute atomic E-state index is 13.5. The molecule has 0 unspecified atom stereocenters. The molecule has 0 heterocycles. The lowest BCUT2D eigenvalue weighted by Crippen LogP contribution is -2.72. The van der Waals surface area contributed by atoms with Crippen LogP contribution >= 0.6 is 12.2 Å². The number of isocyanates is 1. The molecule has 1 aromatic carbocycles. The molecule has 49 heteroatoms. The molecule has 0 spiro atoms. The third-order valence-corrected chi connectivity index (χ3v) is 11.6. The number of hydrogen-bond acceptors (Lipinski definition) is 16. The minimum Gasteiger partial charge on any atom is -0.462 e. The van der Waals surface area contributed by atoms with Gasteiger partial charge in [0.05, 0.1) is 50.9 Å². The highest BCUT2D eigenvalue weighted by atomic mass is 32.1. The summed E-state index contributed by atoms with van der Waals surface area (Å²) >= 11 is 4.31. The molecule has 108 heavy (non-hydrogen) atoms. The van der Waals surface area contributed by atoms with E-state index >= 15 is 0 Å². The Morgan fingerprint density at radius 1 is 0.389 bits per heavy atom. The van der Waals surface area contributed by atoms with E-state index in [0.29, 0.717) is 35.9 Å². The largest absolute Gasteiger partial charge is 0.462 e. The van der Waals surface area contributed by atoms with Crippen LogP contribution in [0.5, 0.6) is 5.75 Å². The van der Waals surface area contributed by atoms with Gasteiger partial charge in [-0.15, -0.1) is 0 Å². The quantitative estimate of drug-likeness (QED) is 0.00539. The summed E-state index contributed by atoms with van der Waals surface area (Å²) in [6.45, 7) is 23.1. The standard InChI is InChI=1S/2C14H12F14O2.C9H3F5O2.C8H14O2.C7H9NO3.C7H9NO2S/c2*1-6(2)7(29)30-5-4-9(17,18)11(21,22)13(25,26)14(27,28)12(23,24)10(19,20)8(3,15)16;1-2-3(15)16-9-7(13)5(11)4(10)6(12)8(9)14;1-4-5-6-10-8(9)7(2)3;1-6(2)7(10)11-4-3-8-5-9;1-6(2)7(9)10-4-3-8-5-11/h2*1,4-5H2,2-3H3;2H,1H2;2,4-6H2,1,3H3;2*1,3-4H2,2H3. The third-order valence-electron chi connectivity index (χ3n) is 11.5. The summed E-state index contributed by atoms with van der Waals surface area (Å²) in [5.41, 5.74) is 0.195. The number of carbonyl (C=O) groups is 6. The number of thiocarbonyl (C=S) groups is 1. The van der Waals surface area contributed by atoms with E-state index in [9.17, 15) is 178 Å². The summed E-state index contributed by atoms with van der Waals surface area (Å²) in [6, 6.07) is 0. The molecule has 15 nitrogen and oxygen atoms in total. The molecule has 0 radical (unpaired) electrons. The highest BCUT2D eigenvalue weighted by molar-refractivity contribution is 7.78. The van der Waals surface area contributed by atoms with Crippen molar-refractivity contribution in [2.24, 2.45) is 9.98 Å². The van der Waals surface area contributed by atoms with Crippen molar-refractivity contribution in [3.63, 3.8) is 0 Å². The number of benzene rings is 1. The zero-order chi connectivity index (χ0) is 87.4. The second kappa shape index (κ2) is 42.4. The molecular formula is C59H59F33N2O13S. The van der Waals surface area contributed by atoms with Crippen molar-refractivity contribution >= 4 is 59.3 Å². The number of nitrogens with zero attached hydrogens (tertiary/aromatic N) is 2. The molecule has 0 aliphatic carbocycles. The second-order valence-electron chi connectivity index (χ2n) is 20.8. The van der Waals surface area contributed by atoms with Crippen LogP contribution < -0.4 is 4.74 Å². The van der Waals surface area contributed by atoms with Gasteiger partial charge in [0.2, 0.25) is 40.9 Å². The maximum Gasteiger partial charge on any atom is 0.384 e. The van der Waals surface area contributed by atoms with Crippen LogP contribution in [0.2, 0.25) is 0 Å². The number of ether oxygens (including phenoxy) is 6. The molecule has 0 amide bonds. The van der Waals surface area contributed by atoms with Crippen LogP contribution in [0.4, 0.5) is 145 Å². The fourth-order valence-corrected chi connectivity index (χ4v) is 5.34. The Balaban J connectivity index is -0.000000417. The van der Waals surface area contributed by atoms with Crippen LogP contribution in [0.25, 0.3) is 0 Å². The van der Waals surface area contributed by atoms with Crippen LogP contribution in [0.15, 0.2) is 83.4 Å². The van der Waals surface area contributed by atoms with E-state index < -0.39 is 199 Å². The molecule has 0 aliphatic heterocycles. The van der Waals surface area contributed by atoms with Gasteiger partial charge in [0.15, 0.2) is 0 Å². The minimum absolute atomic E-state index is 0.0981. The van der Waals surface area contributed by atoms with Gasteiger partial charge in [-0.2, -0.15) is 132 Å². The number of isothiocyanates is 1. The van der Waals surface area contributed by atoms with Gasteiger partial charge in [0, 0.05) is 47.8 Å². The van der Waals surface area contributed by atoms with Crippen molar-refractivity contribution < 1.29 is 207 Å². The molecule has 0 atom stereocenters. The molecule has 0 aliphatic rings. The van der Waals surface area contributed by atoms with Gasteiger partial charge in [0.25, 0.3) is 0 Å². The van der Waals surface area contributed by atoms with E-state index in [1.807, 2.05) is 0 Å². The SMILES string of the molecule is C=C(C)C(=O)OCCC(F)(F)C(F)(F)C(F)(F)C(F)(F)C(F)(F)C(F)(F)C(C)(F)F.C=C(C)C(=O)OCCC(F)(F)C(F)(F)C(F)(F)C(F)(F)C(F)(F)C(F)(F)C(C)(F)F.C=C(C)C(=O)OCCCC.C=C(C)C(=O)OCCN=C=O.C=C(C)C(=O)OCCN=C=S.C=CC(=O)Oc1c(F)c(F)c(F)c(F)c1F. The Hall–Kier alpha value is -8.65. The number of hydrogen-bond donors (Lipinski definition) is 0. The fraction of sp³-hybridized carbons (Fsp3) is 0.559. The normalized spacial score (nSPS) is 12.4. The predicted octanol–water partition coefficient (Wildman–Crippen LogP) is 18.0. The van der Waals surface area contributed by atoms with Gasteiger partial charge in [-0.05, 0) is 53.3 Å². The lowest BCUT2D eigenvalue weighted by Gasteiger charge is -2.42. The van der Waals surface area contributed by atoms with E-state index in [2.05, 4.69) is 97.4 Å². The zero-order valence-corrected chi connectivity index (χ0v) is 57.0. The molecule has 0 N–H and O–H groups in total. The van der Waals surface area contributed by atoms with Crippen molar-refractivity contribution in [2.75, 3.05) is 46.1 Å². The van der Waals surface area contributed by atoms with E-state index in [0.717, 1.165) is 26.7 Å². The fourth-order valence-electron chi connectivity index (χ4n) is 5.25. The minimum atomic E-state index is -8.09. The molecule has 0 saturated carbocycles. The Morgan fingerprint density at radius 3 is 0.852 bits per heavy atom. The Morgan fingerprint density at radius 2 is 0.620 bits per heavy atom. The summed E-state index contributed by atoms with van der Waals surface area (Å²) in [4.78, 5) is 80.7. The average Bonchev–Trinajstić information content (AvgIpc) is 0.708. The van der Waals surface area contributed by atoms with Crippen molar-refractivity contribution in [3.8, 4) is 5.75 Å². The summed E-state index contributed by atoms with van der Waals surface area (Å²) in [5, 5.41) is 2.17. The number of halogens is 33. The smallest absolute Gasteiger partial charge is 0.384 e. The number of alkyl halides is 28. The first kappa shape index (κ1) is 108. The van der Waals surface area contributed by atoms with Gasteiger partial charge < -0.3 is 28.4 Å². The monoisotopic (exact) mass is 1660 g/mol. The lowest BCUT2D eigenvalue weighted by atomic mass is 9.89. The molecule has 620 valence electrons. The van der Waals surface area contributed by atoms with E-state index in [1.54, 1.807) is 20.8 Å². The number of carbonyl (C=O) groups excluding carboxylic acids is 7. The van der Waals surface area contributed by atoms with Gasteiger partial charge in [0.1, 0.15) is 13.2 Å². The predicted molar refractivity (Wildman–Crippen MR) is 309 cm³/mol. The topological polar surface area (TPSA) is 200 Å². The van der Waals surface area contributed by atoms with Crippen LogP contribution in [0.3, 0.4) is 0 Å². The van der Waals surface area contributed by atoms with Crippen LogP contribution in [-0.2, 0) is 57.2 Å². The van der Waals surface area contributed by atoms with Crippen molar-refractivity contribution in [2.45, 2.75) is 164 Å². The number of rotatable bonds is 34. The second-order valence-corrected chi connectivity index (χ2v) is 21.0. The molecule has 0 aromatic heterocycles. The maximum atomic E-state index is 13.5. The average molecular weight is 1660 g/mol. The Bertz CT molecular complexity index is 3240. The summed E-state index contributed by atoms with van der Waals surface area (Å²) in [6.07, 6.45) is -1.49. The van der Waals surface area contributed by atoms with E-state index in [4.69, 9.17) is 4.74 Å². The highest BCUT2D eigenvalue weighted by Gasteiger charge is 2.93. The Kier molecular flexibility index (Phi) is 42.3. The van der Waals surface area contributed by atoms with Gasteiger partial charge >= 0.3 is 119 Å². The molecule has 1 rings (SSSR count). The first-order valence-corrected chi connectivity index (χ1v) is 28.4. The van der Waals surface area contributed by atoms with Gasteiger partial charge in [-0.3, -0.25) is 0 Å². The molecule has 0 saturated heterocycles. The van der Waals surface area contributed by atoms with Crippen LogP contribution in [0.1, 0.15) is 81.1 Å². The van der Waals surface area contributed by atoms with Crippen molar-refractivity contribution in [1.82, 2.24) is 0 Å². The van der Waals surface area contributed by atoms with Crippen molar-refractivity contribution in [1.29, 1.82) is 0 Å². The van der Waals surface area contributed by atoms with Crippen molar-refractivity contribution in [3.05, 3.63) is 103 Å². The summed E-state index contributed by atoms with van der Waals surface area (Å²) in [5.74, 6) is -121. The van der Waals surface area contributed by atoms with Gasteiger partial charge in [-0.1, -0.05) is 52.8 Å². The third kappa shape index (κ3) is 27.8. The lowest BCUT2D eigenvalue weighted by molar-refractivity contribution is -0.440. The molecule has 0 fully saturated rings. The molecule has 0 bridgehead atoms. The Labute approximate surface area is 593 Å². The number of unbranched alkanes of at least 4 members (excludes halogenated alkanes) is 1. The molecule has 1 aromatic rings. The first-order chi connectivity index (χ1) is 48.1. The number of aliphatic imine (C=N–C) groups is 2. The highest BCUT2D eigenvalue weighted by Crippen LogP contribution is 2.64. The zero-order valence-electron chi connectivity index (χ0n) is 56.2. The van der Waals surface area contributed by atoms with Crippen LogP contribution in [-0.4, -0.2) is 176 Å². The molecular weight excluding hydrogens is 1600 g/mol. The summed E-state index contributed by atoms with van der Waals surface area (Å²) < 4.78 is 459. The number of esters is 6. The summed E-state index contributed by atoms with van der Waals surface area (Å²) in [7, 11) is 0.